The minimum absolute atomic E-state index is 0.473. The molecule has 23 heavy (non-hydrogen) atoms. The summed E-state index contributed by atoms with van der Waals surface area (Å²) in [7, 11) is 2.17. The van der Waals surface area contributed by atoms with Gasteiger partial charge in [0.15, 0.2) is 5.82 Å². The molecule has 0 unspecified atom stereocenters. The Morgan fingerprint density at radius 1 is 1.22 bits per heavy atom. The Bertz CT molecular complexity index is 498. The third-order valence-corrected chi connectivity index (χ3v) is 5.46. The summed E-state index contributed by atoms with van der Waals surface area (Å²) in [5.41, 5.74) is 0.484. The molecule has 3 rings (SSSR count). The average molecular weight is 318 g/mol. The van der Waals surface area contributed by atoms with Crippen LogP contribution in [-0.4, -0.2) is 58.5 Å². The highest BCUT2D eigenvalue weighted by atomic mass is 16.3. The van der Waals surface area contributed by atoms with Gasteiger partial charge in [-0.05, 0) is 51.8 Å². The van der Waals surface area contributed by atoms with Gasteiger partial charge in [-0.25, -0.2) is 0 Å². The number of aromatic nitrogens is 2. The Morgan fingerprint density at radius 2 is 2.00 bits per heavy atom. The molecule has 128 valence electrons. The second kappa shape index (κ2) is 7.14. The summed E-state index contributed by atoms with van der Waals surface area (Å²) in [5, 5.41) is 19.3. The fourth-order valence-electron chi connectivity index (χ4n) is 4.04. The van der Waals surface area contributed by atoms with Crippen molar-refractivity contribution in [3.63, 3.8) is 0 Å². The number of anilines is 1. The standard InChI is InChI=1S/C18H30N4O/c1-15-8-9-17(20-19-15)22-12-6-7-16(13-22)21(2)14-18(23)10-4-3-5-11-18/h8-9,16,23H,3-7,10-14H2,1-2H3/t16-/m1/s1. The second-order valence-electron chi connectivity index (χ2n) is 7.48. The maximum atomic E-state index is 10.8. The van der Waals surface area contributed by atoms with Gasteiger partial charge in [0.25, 0.3) is 0 Å². The molecule has 2 heterocycles. The lowest BCUT2D eigenvalue weighted by molar-refractivity contribution is -0.0302. The van der Waals surface area contributed by atoms with E-state index in [2.05, 4.69) is 33.1 Å². The largest absolute Gasteiger partial charge is 0.389 e. The van der Waals surface area contributed by atoms with Gasteiger partial charge >= 0.3 is 0 Å². The first-order valence-corrected chi connectivity index (χ1v) is 9.04. The molecule has 2 fully saturated rings. The Hall–Kier alpha value is -1.20. The van der Waals surface area contributed by atoms with Gasteiger partial charge in [-0.15, -0.1) is 5.10 Å². The molecule has 1 saturated heterocycles. The summed E-state index contributed by atoms with van der Waals surface area (Å²) in [4.78, 5) is 4.71. The summed E-state index contributed by atoms with van der Waals surface area (Å²) >= 11 is 0. The molecular weight excluding hydrogens is 288 g/mol. The van der Waals surface area contributed by atoms with Crippen LogP contribution in [0, 0.1) is 6.92 Å². The smallest absolute Gasteiger partial charge is 0.151 e. The molecule has 1 atom stereocenters. The first-order chi connectivity index (χ1) is 11.1. The number of rotatable bonds is 4. The van der Waals surface area contributed by atoms with Crippen LogP contribution in [-0.2, 0) is 0 Å². The number of piperidine rings is 1. The quantitative estimate of drug-likeness (QED) is 0.924. The van der Waals surface area contributed by atoms with E-state index in [9.17, 15) is 5.11 Å². The van der Waals surface area contributed by atoms with E-state index in [0.29, 0.717) is 6.04 Å². The molecule has 0 aromatic carbocycles. The van der Waals surface area contributed by atoms with Crippen molar-refractivity contribution in [1.29, 1.82) is 0 Å². The first kappa shape index (κ1) is 16.7. The van der Waals surface area contributed by atoms with Crippen molar-refractivity contribution in [3.8, 4) is 0 Å². The van der Waals surface area contributed by atoms with Crippen LogP contribution in [0.25, 0.3) is 0 Å². The monoisotopic (exact) mass is 318 g/mol. The van der Waals surface area contributed by atoms with Gasteiger partial charge in [0, 0.05) is 25.7 Å². The lowest BCUT2D eigenvalue weighted by atomic mass is 9.84. The lowest BCUT2D eigenvalue weighted by Gasteiger charge is -2.42. The topological polar surface area (TPSA) is 52.5 Å². The van der Waals surface area contributed by atoms with E-state index in [1.54, 1.807) is 0 Å². The zero-order valence-corrected chi connectivity index (χ0v) is 14.5. The minimum atomic E-state index is -0.473. The molecule has 0 bridgehead atoms. The molecule has 1 aromatic heterocycles. The third-order valence-electron chi connectivity index (χ3n) is 5.46. The molecule has 1 saturated carbocycles. The number of aliphatic hydroxyl groups is 1. The van der Waals surface area contributed by atoms with E-state index in [1.165, 1.54) is 32.1 Å². The fourth-order valence-corrected chi connectivity index (χ4v) is 4.04. The normalized spacial score (nSPS) is 24.9. The lowest BCUT2D eigenvalue weighted by Crippen LogP contribution is -2.52. The van der Waals surface area contributed by atoms with Crippen molar-refractivity contribution in [2.24, 2.45) is 0 Å². The van der Waals surface area contributed by atoms with E-state index in [4.69, 9.17) is 0 Å². The van der Waals surface area contributed by atoms with Crippen LogP contribution in [0.1, 0.15) is 50.6 Å². The second-order valence-corrected chi connectivity index (χ2v) is 7.48. The third kappa shape index (κ3) is 4.21. The predicted molar refractivity (Wildman–Crippen MR) is 92.7 cm³/mol. The number of aryl methyl sites for hydroxylation is 1. The van der Waals surface area contributed by atoms with Crippen LogP contribution in [0.5, 0.6) is 0 Å². The van der Waals surface area contributed by atoms with Crippen molar-refractivity contribution >= 4 is 5.82 Å². The number of likely N-dealkylation sites (N-methyl/N-ethyl adjacent to an activating group) is 1. The summed E-state index contributed by atoms with van der Waals surface area (Å²) in [5.74, 6) is 0.977. The van der Waals surface area contributed by atoms with Gasteiger partial charge in [-0.2, -0.15) is 5.10 Å². The van der Waals surface area contributed by atoms with Gasteiger partial charge in [-0.3, -0.25) is 4.90 Å². The highest BCUT2D eigenvalue weighted by Gasteiger charge is 2.33. The van der Waals surface area contributed by atoms with Crippen molar-refractivity contribution in [1.82, 2.24) is 15.1 Å². The van der Waals surface area contributed by atoms with E-state index in [-0.39, 0.29) is 0 Å². The molecule has 0 radical (unpaired) electrons. The average Bonchev–Trinajstić information content (AvgIpc) is 2.56. The summed E-state index contributed by atoms with van der Waals surface area (Å²) < 4.78 is 0. The molecule has 1 aliphatic carbocycles. The van der Waals surface area contributed by atoms with Crippen LogP contribution in [0.3, 0.4) is 0 Å². The van der Waals surface area contributed by atoms with E-state index >= 15 is 0 Å². The van der Waals surface area contributed by atoms with Gasteiger partial charge in [0.1, 0.15) is 0 Å². The number of hydrogen-bond donors (Lipinski definition) is 1. The molecule has 0 amide bonds. The Kier molecular flexibility index (Phi) is 5.17. The Morgan fingerprint density at radius 3 is 2.70 bits per heavy atom. The van der Waals surface area contributed by atoms with E-state index in [1.807, 2.05) is 13.0 Å². The Labute approximate surface area is 139 Å². The highest BCUT2D eigenvalue weighted by Crippen LogP contribution is 2.30. The maximum Gasteiger partial charge on any atom is 0.151 e. The van der Waals surface area contributed by atoms with Crippen molar-refractivity contribution < 1.29 is 5.11 Å². The highest BCUT2D eigenvalue weighted by molar-refractivity contribution is 5.38. The van der Waals surface area contributed by atoms with Crippen LogP contribution >= 0.6 is 0 Å². The van der Waals surface area contributed by atoms with Crippen LogP contribution in [0.2, 0.25) is 0 Å². The maximum absolute atomic E-state index is 10.8. The van der Waals surface area contributed by atoms with Gasteiger partial charge in [0.05, 0.1) is 11.3 Å². The molecule has 5 heteroatoms. The molecule has 1 aliphatic heterocycles. The minimum Gasteiger partial charge on any atom is -0.389 e. The fraction of sp³-hybridized carbons (Fsp3) is 0.778. The SMILES string of the molecule is Cc1ccc(N2CCC[C@@H](N(C)CC3(O)CCCCC3)C2)nn1. The van der Waals surface area contributed by atoms with Crippen LogP contribution in [0.15, 0.2) is 12.1 Å². The molecular formula is C18H30N4O. The van der Waals surface area contributed by atoms with Crippen molar-refractivity contribution in [2.75, 3.05) is 31.6 Å². The number of nitrogens with zero attached hydrogens (tertiary/aromatic N) is 4. The van der Waals surface area contributed by atoms with Gasteiger partial charge in [-0.1, -0.05) is 19.3 Å². The zero-order valence-electron chi connectivity index (χ0n) is 14.5. The van der Waals surface area contributed by atoms with E-state index < -0.39 is 5.60 Å². The Balaban J connectivity index is 1.60. The zero-order chi connectivity index (χ0) is 16.3. The van der Waals surface area contributed by atoms with Crippen LogP contribution < -0.4 is 4.90 Å². The predicted octanol–water partition coefficient (Wildman–Crippen LogP) is 2.38. The first-order valence-electron chi connectivity index (χ1n) is 9.04. The molecule has 5 nitrogen and oxygen atoms in total. The van der Waals surface area contributed by atoms with Crippen LogP contribution in [0.4, 0.5) is 5.82 Å². The number of hydrogen-bond acceptors (Lipinski definition) is 5. The van der Waals surface area contributed by atoms with E-state index in [0.717, 1.165) is 44.0 Å². The molecule has 1 N–H and O–H groups in total. The summed E-state index contributed by atoms with van der Waals surface area (Å²) in [6, 6.07) is 4.58. The van der Waals surface area contributed by atoms with Crippen molar-refractivity contribution in [3.05, 3.63) is 17.8 Å². The summed E-state index contributed by atoms with van der Waals surface area (Å²) in [6.45, 7) is 4.79. The molecule has 2 aliphatic rings. The molecule has 1 aromatic rings. The van der Waals surface area contributed by atoms with Gasteiger partial charge in [0.2, 0.25) is 0 Å². The summed E-state index contributed by atoms with van der Waals surface area (Å²) in [6.07, 6.45) is 7.88. The van der Waals surface area contributed by atoms with Gasteiger partial charge < -0.3 is 10.0 Å². The molecule has 0 spiro atoms. The van der Waals surface area contributed by atoms with Crippen molar-refractivity contribution in [2.45, 2.75) is 63.5 Å².